The number of primary amides is 1. The van der Waals surface area contributed by atoms with Gasteiger partial charge in [0.05, 0.1) is 16.7 Å². The molecule has 3 rings (SSSR count). The molecule has 114 valence electrons. The molecule has 1 aliphatic heterocycles. The fourth-order valence-electron chi connectivity index (χ4n) is 2.04. The van der Waals surface area contributed by atoms with E-state index in [0.29, 0.717) is 5.06 Å². The fraction of sp³-hybridized carbons (Fsp3) is 0. The van der Waals surface area contributed by atoms with Crippen LogP contribution in [-0.2, 0) is 4.84 Å². The minimum absolute atomic E-state index is 0.113. The molecule has 1 aromatic heterocycles. The molecule has 2 N–H and O–H groups in total. The second-order valence-corrected chi connectivity index (χ2v) is 4.63. The summed E-state index contributed by atoms with van der Waals surface area (Å²) in [5, 5.41) is 0.386. The molecule has 3 amide bonds. The zero-order chi connectivity index (χ0) is 16.6. The second-order valence-electron chi connectivity index (χ2n) is 4.63. The van der Waals surface area contributed by atoms with Crippen LogP contribution in [0.5, 0.6) is 0 Å². The van der Waals surface area contributed by atoms with Gasteiger partial charge < -0.3 is 10.6 Å². The number of benzene rings is 1. The predicted molar refractivity (Wildman–Crippen MR) is 75.1 cm³/mol. The molecule has 0 aliphatic carbocycles. The van der Waals surface area contributed by atoms with Crippen molar-refractivity contribution in [2.45, 2.75) is 0 Å². The Morgan fingerprint density at radius 1 is 1.00 bits per heavy atom. The van der Waals surface area contributed by atoms with Gasteiger partial charge in [-0.25, -0.2) is 9.78 Å². The largest absolute Gasteiger partial charge is 0.382 e. The monoisotopic (exact) mass is 311 g/mol. The van der Waals surface area contributed by atoms with Gasteiger partial charge in [0.25, 0.3) is 11.8 Å². The van der Waals surface area contributed by atoms with Gasteiger partial charge in [-0.15, -0.1) is 0 Å². The number of carbonyl (C=O) groups is 4. The van der Waals surface area contributed by atoms with Crippen LogP contribution in [0.25, 0.3) is 0 Å². The Labute approximate surface area is 129 Å². The molecule has 0 unspecified atom stereocenters. The summed E-state index contributed by atoms with van der Waals surface area (Å²) >= 11 is 0. The number of carbonyl (C=O) groups excluding carboxylic acids is 4. The first-order valence-corrected chi connectivity index (χ1v) is 6.45. The first-order chi connectivity index (χ1) is 11.0. The van der Waals surface area contributed by atoms with Gasteiger partial charge in [-0.2, -0.15) is 0 Å². The van der Waals surface area contributed by atoms with E-state index in [4.69, 9.17) is 10.6 Å². The Morgan fingerprint density at radius 2 is 1.61 bits per heavy atom. The number of amides is 3. The van der Waals surface area contributed by atoms with Crippen LogP contribution in [0.3, 0.4) is 0 Å². The Hall–Kier alpha value is -3.55. The Kier molecular flexibility index (Phi) is 3.34. The van der Waals surface area contributed by atoms with Gasteiger partial charge in [0.2, 0.25) is 5.91 Å². The number of hydrogen-bond acceptors (Lipinski definition) is 6. The number of pyridine rings is 1. The molecule has 0 radical (unpaired) electrons. The maximum atomic E-state index is 12.1. The van der Waals surface area contributed by atoms with Crippen molar-refractivity contribution in [2.24, 2.45) is 5.73 Å². The Bertz CT molecular complexity index is 809. The summed E-state index contributed by atoms with van der Waals surface area (Å²) in [6.45, 7) is 0. The topological polar surface area (TPSA) is 120 Å². The van der Waals surface area contributed by atoms with Crippen LogP contribution >= 0.6 is 0 Å². The van der Waals surface area contributed by atoms with Gasteiger partial charge in [0.1, 0.15) is 0 Å². The van der Waals surface area contributed by atoms with E-state index in [1.54, 1.807) is 12.1 Å². The first kappa shape index (κ1) is 14.4. The third-order valence-electron chi connectivity index (χ3n) is 3.19. The number of nitrogens with two attached hydrogens (primary N) is 1. The smallest absolute Gasteiger partial charge is 0.366 e. The number of nitrogens with zero attached hydrogens (tertiary/aromatic N) is 2. The van der Waals surface area contributed by atoms with Crippen LogP contribution in [-0.4, -0.2) is 33.7 Å². The molecule has 1 aliphatic rings. The normalized spacial score (nSPS) is 13.0. The quantitative estimate of drug-likeness (QED) is 0.826. The molecule has 23 heavy (non-hydrogen) atoms. The molecule has 0 spiro atoms. The third-order valence-corrected chi connectivity index (χ3v) is 3.19. The number of hydrogen-bond donors (Lipinski definition) is 1. The maximum Gasteiger partial charge on any atom is 0.382 e. The Morgan fingerprint density at radius 3 is 2.09 bits per heavy atom. The third kappa shape index (κ3) is 2.42. The zero-order valence-corrected chi connectivity index (χ0v) is 11.6. The molecule has 0 saturated carbocycles. The first-order valence-electron chi connectivity index (χ1n) is 6.45. The molecule has 0 saturated heterocycles. The van der Waals surface area contributed by atoms with Gasteiger partial charge in [0.15, 0.2) is 5.69 Å². The van der Waals surface area contributed by atoms with Crippen molar-refractivity contribution in [3.8, 4) is 0 Å². The molecule has 0 atom stereocenters. The van der Waals surface area contributed by atoms with E-state index in [0.717, 1.165) is 6.20 Å². The average Bonchev–Trinajstić information content (AvgIpc) is 2.80. The number of rotatable bonds is 3. The summed E-state index contributed by atoms with van der Waals surface area (Å²) in [5.41, 5.74) is 5.31. The average molecular weight is 311 g/mol. The molecule has 2 heterocycles. The van der Waals surface area contributed by atoms with E-state index in [1.165, 1.54) is 24.3 Å². The fourth-order valence-corrected chi connectivity index (χ4v) is 2.04. The van der Waals surface area contributed by atoms with Crippen molar-refractivity contribution in [2.75, 3.05) is 0 Å². The van der Waals surface area contributed by atoms with E-state index in [-0.39, 0.29) is 22.4 Å². The Balaban J connectivity index is 1.80. The van der Waals surface area contributed by atoms with Crippen molar-refractivity contribution in [1.29, 1.82) is 0 Å². The lowest BCUT2D eigenvalue weighted by atomic mass is 10.1. The summed E-state index contributed by atoms with van der Waals surface area (Å²) in [4.78, 5) is 55.6. The lowest BCUT2D eigenvalue weighted by Crippen LogP contribution is -2.33. The minimum atomic E-state index is -1.00. The highest BCUT2D eigenvalue weighted by molar-refractivity contribution is 6.21. The van der Waals surface area contributed by atoms with Crippen LogP contribution in [0, 0.1) is 0 Å². The molecule has 8 nitrogen and oxygen atoms in total. The second kappa shape index (κ2) is 5.34. The van der Waals surface area contributed by atoms with Crippen LogP contribution in [0.4, 0.5) is 0 Å². The van der Waals surface area contributed by atoms with Crippen molar-refractivity contribution in [1.82, 2.24) is 10.0 Å². The van der Waals surface area contributed by atoms with Crippen molar-refractivity contribution in [3.63, 3.8) is 0 Å². The van der Waals surface area contributed by atoms with Crippen LogP contribution in [0.15, 0.2) is 42.6 Å². The number of aromatic nitrogens is 1. The number of imide groups is 1. The van der Waals surface area contributed by atoms with Gasteiger partial charge in [0, 0.05) is 6.20 Å². The van der Waals surface area contributed by atoms with Crippen molar-refractivity contribution < 1.29 is 24.0 Å². The van der Waals surface area contributed by atoms with E-state index >= 15 is 0 Å². The van der Waals surface area contributed by atoms with E-state index in [9.17, 15) is 19.2 Å². The molecule has 8 heteroatoms. The van der Waals surface area contributed by atoms with Crippen LogP contribution in [0.2, 0.25) is 0 Å². The summed E-state index contributed by atoms with van der Waals surface area (Å²) in [7, 11) is 0. The zero-order valence-electron chi connectivity index (χ0n) is 11.6. The summed E-state index contributed by atoms with van der Waals surface area (Å²) in [6, 6.07) is 8.61. The van der Waals surface area contributed by atoms with E-state index < -0.39 is 23.7 Å². The highest BCUT2D eigenvalue weighted by Gasteiger charge is 2.38. The van der Waals surface area contributed by atoms with Gasteiger partial charge in [-0.3, -0.25) is 14.4 Å². The van der Waals surface area contributed by atoms with Gasteiger partial charge in [-0.1, -0.05) is 17.2 Å². The highest BCUT2D eigenvalue weighted by atomic mass is 16.7. The lowest BCUT2D eigenvalue weighted by molar-refractivity contribution is -0.0588. The van der Waals surface area contributed by atoms with Gasteiger partial charge >= 0.3 is 5.97 Å². The number of hydroxylamine groups is 2. The standard InChI is InChI=1S/C15H9N3O5/c16-12(19)8-5-6-11(17-7-8)15(22)23-18-13(20)9-3-1-2-4-10(9)14(18)21/h1-7H,(H2,16,19). The van der Waals surface area contributed by atoms with Crippen molar-refractivity contribution in [3.05, 3.63) is 65.0 Å². The van der Waals surface area contributed by atoms with Crippen LogP contribution in [0.1, 0.15) is 41.6 Å². The molecular weight excluding hydrogens is 302 g/mol. The lowest BCUT2D eigenvalue weighted by Gasteiger charge is -2.12. The summed E-state index contributed by atoms with van der Waals surface area (Å²) in [6.07, 6.45) is 1.10. The van der Waals surface area contributed by atoms with Gasteiger partial charge in [-0.05, 0) is 24.3 Å². The van der Waals surface area contributed by atoms with E-state index in [2.05, 4.69) is 4.98 Å². The summed E-state index contributed by atoms with van der Waals surface area (Å²) < 4.78 is 0. The highest BCUT2D eigenvalue weighted by Crippen LogP contribution is 2.23. The van der Waals surface area contributed by atoms with Crippen LogP contribution < -0.4 is 5.73 Å². The molecule has 0 bridgehead atoms. The molecule has 1 aromatic carbocycles. The molecule has 0 fully saturated rings. The minimum Gasteiger partial charge on any atom is -0.366 e. The number of fused-ring (bicyclic) bond motifs is 1. The molecule has 2 aromatic rings. The predicted octanol–water partition coefficient (Wildman–Crippen LogP) is 0.549. The molecular formula is C15H9N3O5. The SMILES string of the molecule is NC(=O)c1ccc(C(=O)ON2C(=O)c3ccccc3C2=O)nc1. The maximum absolute atomic E-state index is 12.1. The summed E-state index contributed by atoms with van der Waals surface area (Å²) in [5.74, 6) is -3.16. The van der Waals surface area contributed by atoms with Crippen molar-refractivity contribution >= 4 is 23.7 Å². The van der Waals surface area contributed by atoms with E-state index in [1.807, 2.05) is 0 Å².